The Bertz CT molecular complexity index is 848. The molecule has 2 aromatic carbocycles. The first-order valence-electron chi connectivity index (χ1n) is 9.99. The van der Waals surface area contributed by atoms with Crippen molar-refractivity contribution in [3.8, 4) is 5.75 Å². The SMILES string of the molecule is CCN(CC)CCOC1c2cccc(CC(=O)O)c2OC(=O)C1c1ccccc1. The fourth-order valence-corrected chi connectivity index (χ4v) is 3.73. The number of rotatable bonds is 9. The number of ether oxygens (including phenoxy) is 2. The molecular formula is C23H27NO5. The van der Waals surface area contributed by atoms with Crippen LogP contribution in [0.1, 0.15) is 42.6 Å². The molecule has 0 bridgehead atoms. The molecule has 2 aromatic rings. The largest absolute Gasteiger partial charge is 0.481 e. The molecule has 0 saturated heterocycles. The van der Waals surface area contributed by atoms with Crippen molar-refractivity contribution in [3.63, 3.8) is 0 Å². The van der Waals surface area contributed by atoms with E-state index in [0.29, 0.717) is 17.9 Å². The number of esters is 1. The van der Waals surface area contributed by atoms with Crippen molar-refractivity contribution in [2.75, 3.05) is 26.2 Å². The molecule has 1 aliphatic rings. The summed E-state index contributed by atoms with van der Waals surface area (Å²) in [4.78, 5) is 26.4. The van der Waals surface area contributed by atoms with Crippen LogP contribution in [0.4, 0.5) is 0 Å². The van der Waals surface area contributed by atoms with Crippen LogP contribution in [-0.4, -0.2) is 48.2 Å². The third-order valence-electron chi connectivity index (χ3n) is 5.29. The number of hydrogen-bond acceptors (Lipinski definition) is 5. The predicted molar refractivity (Wildman–Crippen MR) is 109 cm³/mol. The standard InChI is InChI=1S/C23H27NO5/c1-3-24(4-2)13-14-28-22-18-12-8-11-17(15-19(25)26)21(18)29-23(27)20(22)16-9-6-5-7-10-16/h5-12,20,22H,3-4,13-15H2,1-2H3,(H,25,26). The van der Waals surface area contributed by atoms with Crippen LogP contribution in [0.2, 0.25) is 0 Å². The summed E-state index contributed by atoms with van der Waals surface area (Å²) in [5, 5.41) is 9.21. The van der Waals surface area contributed by atoms with Gasteiger partial charge in [-0.25, -0.2) is 0 Å². The normalized spacial score (nSPS) is 18.4. The molecule has 1 N–H and O–H groups in total. The van der Waals surface area contributed by atoms with Crippen LogP contribution in [0.3, 0.4) is 0 Å². The van der Waals surface area contributed by atoms with Crippen LogP contribution < -0.4 is 4.74 Å². The lowest BCUT2D eigenvalue weighted by atomic mass is 9.85. The van der Waals surface area contributed by atoms with Crippen LogP contribution in [0, 0.1) is 0 Å². The Hall–Kier alpha value is -2.70. The van der Waals surface area contributed by atoms with Gasteiger partial charge in [0.15, 0.2) is 0 Å². The van der Waals surface area contributed by atoms with Gasteiger partial charge in [0.1, 0.15) is 17.8 Å². The summed E-state index contributed by atoms with van der Waals surface area (Å²) in [5.41, 5.74) is 2.02. The summed E-state index contributed by atoms with van der Waals surface area (Å²) >= 11 is 0. The summed E-state index contributed by atoms with van der Waals surface area (Å²) in [6, 6.07) is 14.8. The van der Waals surface area contributed by atoms with Crippen molar-refractivity contribution in [3.05, 3.63) is 65.2 Å². The van der Waals surface area contributed by atoms with Gasteiger partial charge < -0.3 is 19.5 Å². The van der Waals surface area contributed by atoms with Gasteiger partial charge in [0.25, 0.3) is 0 Å². The van der Waals surface area contributed by atoms with Crippen LogP contribution in [0.25, 0.3) is 0 Å². The Kier molecular flexibility index (Phi) is 7.01. The molecule has 0 aromatic heterocycles. The van der Waals surface area contributed by atoms with E-state index < -0.39 is 24.0 Å². The lowest BCUT2D eigenvalue weighted by Gasteiger charge is -2.33. The molecule has 2 unspecified atom stereocenters. The summed E-state index contributed by atoms with van der Waals surface area (Å²) in [5.74, 6) is -1.67. The molecule has 3 rings (SSSR count). The van der Waals surface area contributed by atoms with Crippen LogP contribution in [-0.2, 0) is 20.7 Å². The molecule has 0 fully saturated rings. The fraction of sp³-hybridized carbons (Fsp3) is 0.391. The molecule has 6 heteroatoms. The summed E-state index contributed by atoms with van der Waals surface area (Å²) in [6.07, 6.45) is -0.739. The predicted octanol–water partition coefficient (Wildman–Crippen LogP) is 3.42. The Morgan fingerprint density at radius 3 is 2.48 bits per heavy atom. The van der Waals surface area contributed by atoms with E-state index in [2.05, 4.69) is 18.7 Å². The smallest absolute Gasteiger partial charge is 0.321 e. The Morgan fingerprint density at radius 2 is 1.83 bits per heavy atom. The molecule has 0 radical (unpaired) electrons. The van der Waals surface area contributed by atoms with Crippen molar-refractivity contribution in [1.29, 1.82) is 0 Å². The van der Waals surface area contributed by atoms with Crippen molar-refractivity contribution in [1.82, 2.24) is 4.90 Å². The molecule has 0 saturated carbocycles. The van der Waals surface area contributed by atoms with Gasteiger partial charge in [0.05, 0.1) is 13.0 Å². The minimum absolute atomic E-state index is 0.210. The number of carbonyl (C=O) groups is 2. The molecule has 154 valence electrons. The number of benzene rings is 2. The van der Waals surface area contributed by atoms with Crippen LogP contribution in [0.5, 0.6) is 5.75 Å². The first-order valence-corrected chi connectivity index (χ1v) is 9.99. The van der Waals surface area contributed by atoms with E-state index in [9.17, 15) is 14.7 Å². The first-order chi connectivity index (χ1) is 14.0. The zero-order chi connectivity index (χ0) is 20.8. The van der Waals surface area contributed by atoms with E-state index in [4.69, 9.17) is 9.47 Å². The van der Waals surface area contributed by atoms with E-state index in [1.807, 2.05) is 36.4 Å². The number of nitrogens with zero attached hydrogens (tertiary/aromatic N) is 1. The second-order valence-electron chi connectivity index (χ2n) is 7.03. The maximum Gasteiger partial charge on any atom is 0.321 e. The molecular weight excluding hydrogens is 370 g/mol. The molecule has 0 amide bonds. The number of carboxylic acid groups (broad SMARTS) is 1. The highest BCUT2D eigenvalue weighted by Crippen LogP contribution is 2.45. The maximum absolute atomic E-state index is 13.0. The van der Waals surface area contributed by atoms with Crippen molar-refractivity contribution in [2.45, 2.75) is 32.3 Å². The van der Waals surface area contributed by atoms with Gasteiger partial charge in [-0.15, -0.1) is 0 Å². The van der Waals surface area contributed by atoms with E-state index in [-0.39, 0.29) is 6.42 Å². The van der Waals surface area contributed by atoms with Crippen molar-refractivity contribution < 1.29 is 24.2 Å². The molecule has 0 aliphatic carbocycles. The second kappa shape index (κ2) is 9.67. The third kappa shape index (κ3) is 4.83. The zero-order valence-electron chi connectivity index (χ0n) is 16.8. The quantitative estimate of drug-likeness (QED) is 0.516. The number of hydrogen-bond donors (Lipinski definition) is 1. The highest BCUT2D eigenvalue weighted by molar-refractivity contribution is 5.85. The number of aliphatic carboxylic acids is 1. The average Bonchev–Trinajstić information content (AvgIpc) is 2.72. The van der Waals surface area contributed by atoms with Gasteiger partial charge in [-0.05, 0) is 18.7 Å². The number of carboxylic acids is 1. The minimum Gasteiger partial charge on any atom is -0.481 e. The number of para-hydroxylation sites is 1. The first kappa shape index (κ1) is 21.0. The molecule has 29 heavy (non-hydrogen) atoms. The molecule has 1 heterocycles. The monoisotopic (exact) mass is 397 g/mol. The van der Waals surface area contributed by atoms with Gasteiger partial charge >= 0.3 is 11.9 Å². The minimum atomic E-state index is -0.973. The summed E-state index contributed by atoms with van der Waals surface area (Å²) in [6.45, 7) is 7.27. The van der Waals surface area contributed by atoms with Gasteiger partial charge in [0, 0.05) is 17.7 Å². The molecule has 0 spiro atoms. The second-order valence-corrected chi connectivity index (χ2v) is 7.03. The number of carbonyl (C=O) groups excluding carboxylic acids is 1. The third-order valence-corrected chi connectivity index (χ3v) is 5.29. The highest BCUT2D eigenvalue weighted by Gasteiger charge is 2.40. The van der Waals surface area contributed by atoms with Gasteiger partial charge in [-0.1, -0.05) is 62.4 Å². The van der Waals surface area contributed by atoms with Crippen LogP contribution in [0.15, 0.2) is 48.5 Å². The Morgan fingerprint density at radius 1 is 1.10 bits per heavy atom. The highest BCUT2D eigenvalue weighted by atomic mass is 16.5. The topological polar surface area (TPSA) is 76.1 Å². The lowest BCUT2D eigenvalue weighted by molar-refractivity contribution is -0.143. The maximum atomic E-state index is 13.0. The molecule has 1 aliphatic heterocycles. The van der Waals surface area contributed by atoms with Gasteiger partial charge in [-0.3, -0.25) is 9.59 Å². The molecule has 2 atom stereocenters. The van der Waals surface area contributed by atoms with E-state index in [1.54, 1.807) is 12.1 Å². The van der Waals surface area contributed by atoms with Gasteiger partial charge in [-0.2, -0.15) is 0 Å². The van der Waals surface area contributed by atoms with E-state index in [0.717, 1.165) is 30.8 Å². The van der Waals surface area contributed by atoms with Crippen molar-refractivity contribution in [2.24, 2.45) is 0 Å². The van der Waals surface area contributed by atoms with Crippen molar-refractivity contribution >= 4 is 11.9 Å². The fourth-order valence-electron chi connectivity index (χ4n) is 3.73. The number of likely N-dealkylation sites (N-methyl/N-ethyl adjacent to an activating group) is 1. The lowest BCUT2D eigenvalue weighted by Crippen LogP contribution is -2.34. The van der Waals surface area contributed by atoms with E-state index in [1.165, 1.54) is 0 Å². The number of fused-ring (bicyclic) bond motifs is 1. The average molecular weight is 397 g/mol. The van der Waals surface area contributed by atoms with Gasteiger partial charge in [0.2, 0.25) is 0 Å². The Labute approximate surface area is 171 Å². The summed E-state index contributed by atoms with van der Waals surface area (Å²) in [7, 11) is 0. The summed E-state index contributed by atoms with van der Waals surface area (Å²) < 4.78 is 11.9. The van der Waals surface area contributed by atoms with E-state index >= 15 is 0 Å². The zero-order valence-corrected chi connectivity index (χ0v) is 16.8. The Balaban J connectivity index is 1.96. The molecule has 6 nitrogen and oxygen atoms in total. The van der Waals surface area contributed by atoms with Crippen LogP contribution >= 0.6 is 0 Å².